The molecule has 35 heavy (non-hydrogen) atoms. The molecule has 184 valence electrons. The van der Waals surface area contributed by atoms with Crippen LogP contribution < -0.4 is 14.2 Å². The lowest BCUT2D eigenvalue weighted by Gasteiger charge is -2.33. The van der Waals surface area contributed by atoms with Crippen molar-refractivity contribution in [1.82, 2.24) is 19.7 Å². The maximum Gasteiger partial charge on any atom is 0.254 e. The van der Waals surface area contributed by atoms with Crippen LogP contribution in [0.25, 0.3) is 5.69 Å². The minimum atomic E-state index is -0.213. The van der Waals surface area contributed by atoms with E-state index >= 15 is 0 Å². The van der Waals surface area contributed by atoms with E-state index in [0.29, 0.717) is 43.4 Å². The number of ether oxygens (including phenoxy) is 4. The lowest BCUT2D eigenvalue weighted by molar-refractivity contribution is -0.0401. The van der Waals surface area contributed by atoms with Crippen molar-refractivity contribution < 1.29 is 23.7 Å². The minimum Gasteiger partial charge on any atom is -0.493 e. The molecule has 1 aromatic heterocycles. The van der Waals surface area contributed by atoms with Gasteiger partial charge in [0.25, 0.3) is 5.91 Å². The van der Waals surface area contributed by atoms with Gasteiger partial charge >= 0.3 is 0 Å². The van der Waals surface area contributed by atoms with E-state index in [4.69, 9.17) is 18.9 Å². The molecule has 3 aromatic rings. The van der Waals surface area contributed by atoms with E-state index in [-0.39, 0.29) is 18.1 Å². The van der Waals surface area contributed by atoms with Crippen LogP contribution in [0.2, 0.25) is 0 Å². The molecule has 2 heterocycles. The molecule has 0 bridgehead atoms. The number of methoxy groups -OCH3 is 1. The summed E-state index contributed by atoms with van der Waals surface area (Å²) in [5.74, 6) is 1.96. The molecule has 0 radical (unpaired) electrons. The lowest BCUT2D eigenvalue weighted by Crippen LogP contribution is -2.47. The van der Waals surface area contributed by atoms with Crippen molar-refractivity contribution in [2.75, 3.05) is 33.4 Å². The quantitative estimate of drug-likeness (QED) is 0.490. The third-order valence-electron chi connectivity index (χ3n) is 6.39. The second-order valence-electron chi connectivity index (χ2n) is 8.78. The fourth-order valence-corrected chi connectivity index (χ4v) is 4.50. The van der Waals surface area contributed by atoms with Crippen LogP contribution in [0.4, 0.5) is 0 Å². The van der Waals surface area contributed by atoms with Crippen molar-refractivity contribution in [1.29, 1.82) is 0 Å². The topological polar surface area (TPSA) is 87.9 Å². The van der Waals surface area contributed by atoms with E-state index in [1.807, 2.05) is 35.2 Å². The standard InChI is InChI=1S/C26H30N4O5/c1-32-24-11-6-19(14-25(24)35-22-4-2-3-5-22)26(31)29-12-13-33-23(15-29)16-34-21-9-7-20(8-10-21)30-18-27-17-28-30/h6-11,14,17-18,22-23H,2-5,12-13,15-16H2,1H3. The van der Waals surface area contributed by atoms with Crippen LogP contribution in [0.1, 0.15) is 36.0 Å². The molecule has 1 unspecified atom stereocenters. The van der Waals surface area contributed by atoms with Gasteiger partial charge in [-0.05, 0) is 68.1 Å². The monoisotopic (exact) mass is 478 g/mol. The third kappa shape index (κ3) is 5.57. The van der Waals surface area contributed by atoms with E-state index in [1.165, 1.54) is 19.2 Å². The Hall–Kier alpha value is -3.59. The van der Waals surface area contributed by atoms with Crippen molar-refractivity contribution in [2.24, 2.45) is 0 Å². The van der Waals surface area contributed by atoms with Gasteiger partial charge in [0.1, 0.15) is 31.1 Å². The number of aromatic nitrogens is 3. The Morgan fingerprint density at radius 2 is 1.94 bits per heavy atom. The first-order valence-electron chi connectivity index (χ1n) is 12.0. The Balaban J connectivity index is 1.19. The molecule has 2 fully saturated rings. The van der Waals surface area contributed by atoms with Crippen LogP contribution in [0.3, 0.4) is 0 Å². The average molecular weight is 479 g/mol. The Bertz CT molecular complexity index is 1110. The van der Waals surface area contributed by atoms with Gasteiger partial charge in [0.15, 0.2) is 11.5 Å². The van der Waals surface area contributed by atoms with Gasteiger partial charge in [-0.25, -0.2) is 9.67 Å². The number of carbonyl (C=O) groups excluding carboxylic acids is 1. The molecule has 1 saturated heterocycles. The molecule has 0 spiro atoms. The second-order valence-corrected chi connectivity index (χ2v) is 8.78. The molecule has 1 amide bonds. The van der Waals surface area contributed by atoms with Crippen molar-refractivity contribution >= 4 is 5.91 Å². The van der Waals surface area contributed by atoms with Crippen molar-refractivity contribution in [3.05, 3.63) is 60.7 Å². The number of hydrogen-bond donors (Lipinski definition) is 0. The summed E-state index contributed by atoms with van der Waals surface area (Å²) >= 11 is 0. The van der Waals surface area contributed by atoms with Gasteiger partial charge in [0, 0.05) is 12.1 Å². The van der Waals surface area contributed by atoms with Crippen LogP contribution in [-0.2, 0) is 4.74 Å². The summed E-state index contributed by atoms with van der Waals surface area (Å²) in [7, 11) is 1.62. The zero-order chi connectivity index (χ0) is 24.0. The fourth-order valence-electron chi connectivity index (χ4n) is 4.50. The molecule has 9 heteroatoms. The van der Waals surface area contributed by atoms with Gasteiger partial charge < -0.3 is 23.8 Å². The van der Waals surface area contributed by atoms with Crippen LogP contribution >= 0.6 is 0 Å². The predicted molar refractivity (Wildman–Crippen MR) is 128 cm³/mol. The van der Waals surface area contributed by atoms with Gasteiger partial charge in [-0.3, -0.25) is 4.79 Å². The molecular weight excluding hydrogens is 448 g/mol. The van der Waals surface area contributed by atoms with E-state index in [2.05, 4.69) is 10.1 Å². The predicted octanol–water partition coefficient (Wildman–Crippen LogP) is 3.52. The Morgan fingerprint density at radius 3 is 2.69 bits per heavy atom. The highest BCUT2D eigenvalue weighted by molar-refractivity contribution is 5.95. The maximum atomic E-state index is 13.3. The molecular formula is C26H30N4O5. The van der Waals surface area contributed by atoms with Gasteiger partial charge in [0.05, 0.1) is 32.1 Å². The first-order chi connectivity index (χ1) is 17.2. The number of benzene rings is 2. The number of morpholine rings is 1. The van der Waals surface area contributed by atoms with Crippen molar-refractivity contribution in [3.8, 4) is 22.9 Å². The average Bonchev–Trinajstić information content (AvgIpc) is 3.62. The van der Waals surface area contributed by atoms with Crippen LogP contribution in [0, 0.1) is 0 Å². The molecule has 2 aromatic carbocycles. The number of carbonyl (C=O) groups is 1. The summed E-state index contributed by atoms with van der Waals surface area (Å²) in [5.41, 5.74) is 1.49. The highest BCUT2D eigenvalue weighted by Gasteiger charge is 2.27. The Morgan fingerprint density at radius 1 is 1.11 bits per heavy atom. The summed E-state index contributed by atoms with van der Waals surface area (Å²) in [4.78, 5) is 19.0. The van der Waals surface area contributed by atoms with Crippen LogP contribution in [-0.4, -0.2) is 71.2 Å². The molecule has 1 aliphatic carbocycles. The summed E-state index contributed by atoms with van der Waals surface area (Å²) < 4.78 is 25.1. The van der Waals surface area contributed by atoms with E-state index < -0.39 is 0 Å². The largest absolute Gasteiger partial charge is 0.493 e. The maximum absolute atomic E-state index is 13.3. The van der Waals surface area contributed by atoms with E-state index in [0.717, 1.165) is 24.3 Å². The number of nitrogens with zero attached hydrogens (tertiary/aromatic N) is 4. The van der Waals surface area contributed by atoms with Gasteiger partial charge in [0.2, 0.25) is 0 Å². The molecule has 1 saturated carbocycles. The third-order valence-corrected chi connectivity index (χ3v) is 6.39. The van der Waals surface area contributed by atoms with E-state index in [9.17, 15) is 4.79 Å². The highest BCUT2D eigenvalue weighted by Crippen LogP contribution is 2.33. The fraction of sp³-hybridized carbons (Fsp3) is 0.423. The van der Waals surface area contributed by atoms with Crippen molar-refractivity contribution in [3.63, 3.8) is 0 Å². The molecule has 0 N–H and O–H groups in total. The van der Waals surface area contributed by atoms with Gasteiger partial charge in [-0.1, -0.05) is 0 Å². The zero-order valence-electron chi connectivity index (χ0n) is 19.8. The summed E-state index contributed by atoms with van der Waals surface area (Å²) in [6.45, 7) is 1.81. The van der Waals surface area contributed by atoms with Crippen LogP contribution in [0.5, 0.6) is 17.2 Å². The number of hydrogen-bond acceptors (Lipinski definition) is 7. The lowest BCUT2D eigenvalue weighted by atomic mass is 10.1. The second kappa shape index (κ2) is 10.8. The molecule has 9 nitrogen and oxygen atoms in total. The first kappa shape index (κ1) is 23.2. The SMILES string of the molecule is COc1ccc(C(=O)N2CCOC(COc3ccc(-n4cncn4)cc3)C2)cc1OC1CCCC1. The summed E-state index contributed by atoms with van der Waals surface area (Å²) in [6.07, 6.45) is 7.53. The summed E-state index contributed by atoms with van der Waals surface area (Å²) in [6, 6.07) is 13.0. The molecule has 1 atom stereocenters. The Labute approximate surface area is 204 Å². The van der Waals surface area contributed by atoms with E-state index in [1.54, 1.807) is 30.3 Å². The zero-order valence-corrected chi connectivity index (χ0v) is 19.8. The van der Waals surface area contributed by atoms with Gasteiger partial charge in [-0.2, -0.15) is 5.10 Å². The van der Waals surface area contributed by atoms with Crippen LogP contribution in [0.15, 0.2) is 55.1 Å². The van der Waals surface area contributed by atoms with Gasteiger partial charge in [-0.15, -0.1) is 0 Å². The minimum absolute atomic E-state index is 0.0468. The normalized spacial score (nSPS) is 18.4. The number of rotatable bonds is 8. The molecule has 5 rings (SSSR count). The molecule has 2 aliphatic rings. The summed E-state index contributed by atoms with van der Waals surface area (Å²) in [5, 5.41) is 4.12. The first-order valence-corrected chi connectivity index (χ1v) is 12.0. The highest BCUT2D eigenvalue weighted by atomic mass is 16.5. The van der Waals surface area contributed by atoms with Crippen molar-refractivity contribution in [2.45, 2.75) is 37.9 Å². The number of amides is 1. The molecule has 1 aliphatic heterocycles. The Kier molecular flexibility index (Phi) is 7.13. The smallest absolute Gasteiger partial charge is 0.254 e.